The lowest BCUT2D eigenvalue weighted by Gasteiger charge is -2.29. The lowest BCUT2D eigenvalue weighted by atomic mass is 9.90. The van der Waals surface area contributed by atoms with Crippen LogP contribution in [0.15, 0.2) is 54.6 Å². The van der Waals surface area contributed by atoms with Crippen molar-refractivity contribution in [2.24, 2.45) is 5.73 Å². The monoisotopic (exact) mass is 371 g/mol. The molecule has 0 bridgehead atoms. The van der Waals surface area contributed by atoms with E-state index in [9.17, 15) is 9.59 Å². The molecule has 6 nitrogen and oxygen atoms in total. The molecule has 0 fully saturated rings. The van der Waals surface area contributed by atoms with E-state index >= 15 is 0 Å². The van der Waals surface area contributed by atoms with Gasteiger partial charge < -0.3 is 19.9 Å². The van der Waals surface area contributed by atoms with Gasteiger partial charge in [-0.15, -0.1) is 0 Å². The van der Waals surface area contributed by atoms with Gasteiger partial charge in [-0.1, -0.05) is 42.5 Å². The molecule has 2 N–H and O–H groups in total. The molecule has 2 aromatic carbocycles. The van der Waals surface area contributed by atoms with Crippen LogP contribution in [0.2, 0.25) is 0 Å². The zero-order chi connectivity index (χ0) is 20.1. The van der Waals surface area contributed by atoms with Gasteiger partial charge in [-0.05, 0) is 44.0 Å². The number of carbonyl (C=O) groups is 2. The summed E-state index contributed by atoms with van der Waals surface area (Å²) in [6.45, 7) is 5.49. The summed E-state index contributed by atoms with van der Waals surface area (Å²) >= 11 is 0. The van der Waals surface area contributed by atoms with Crippen molar-refractivity contribution < 1.29 is 23.8 Å². The predicted molar refractivity (Wildman–Crippen MR) is 101 cm³/mol. The first-order valence-electron chi connectivity index (χ1n) is 8.55. The molecular formula is C21H25NO5. The van der Waals surface area contributed by atoms with Crippen molar-refractivity contribution >= 4 is 11.9 Å². The molecule has 0 saturated heterocycles. The number of esters is 2. The van der Waals surface area contributed by atoms with Gasteiger partial charge in [-0.3, -0.25) is 0 Å². The quantitative estimate of drug-likeness (QED) is 0.620. The standard InChI is InChI=1S/C21H25NO5/c1-20(2,3)27-19(24)21(22,18(23)25-4)16-10-12-17(13-11-16)26-14-15-8-6-5-7-9-15/h5-13H,14,22H2,1-4H3/t21-/m0/s1. The Morgan fingerprint density at radius 1 is 0.926 bits per heavy atom. The van der Waals surface area contributed by atoms with Gasteiger partial charge in [0.05, 0.1) is 7.11 Å². The van der Waals surface area contributed by atoms with Crippen molar-refractivity contribution in [2.75, 3.05) is 7.11 Å². The van der Waals surface area contributed by atoms with E-state index in [4.69, 9.17) is 19.9 Å². The second-order valence-electron chi connectivity index (χ2n) is 7.10. The van der Waals surface area contributed by atoms with Crippen LogP contribution >= 0.6 is 0 Å². The summed E-state index contributed by atoms with van der Waals surface area (Å²) in [7, 11) is 1.17. The maximum absolute atomic E-state index is 12.6. The summed E-state index contributed by atoms with van der Waals surface area (Å²) in [6.07, 6.45) is 0. The van der Waals surface area contributed by atoms with Gasteiger partial charge in [-0.2, -0.15) is 0 Å². The summed E-state index contributed by atoms with van der Waals surface area (Å²) in [5.74, 6) is -1.19. The highest BCUT2D eigenvalue weighted by Gasteiger charge is 2.48. The molecule has 0 radical (unpaired) electrons. The average Bonchev–Trinajstić information content (AvgIpc) is 2.65. The predicted octanol–water partition coefficient (Wildman–Crippen LogP) is 2.93. The molecule has 0 unspecified atom stereocenters. The highest BCUT2D eigenvalue weighted by atomic mass is 16.6. The Bertz CT molecular complexity index is 780. The highest BCUT2D eigenvalue weighted by Crippen LogP contribution is 2.26. The van der Waals surface area contributed by atoms with Crippen molar-refractivity contribution in [1.29, 1.82) is 0 Å². The van der Waals surface area contributed by atoms with Gasteiger partial charge >= 0.3 is 11.9 Å². The van der Waals surface area contributed by atoms with E-state index in [1.807, 2.05) is 30.3 Å². The molecule has 0 aliphatic heterocycles. The van der Waals surface area contributed by atoms with E-state index < -0.39 is 23.1 Å². The minimum absolute atomic E-state index is 0.260. The molecule has 2 aromatic rings. The number of nitrogens with two attached hydrogens (primary N) is 1. The Balaban J connectivity index is 2.21. The first-order valence-corrected chi connectivity index (χ1v) is 8.55. The third-order valence-corrected chi connectivity index (χ3v) is 3.79. The number of rotatable bonds is 6. The number of ether oxygens (including phenoxy) is 3. The van der Waals surface area contributed by atoms with E-state index in [0.717, 1.165) is 5.56 Å². The van der Waals surface area contributed by atoms with Gasteiger partial charge in [0.25, 0.3) is 0 Å². The maximum atomic E-state index is 12.6. The van der Waals surface area contributed by atoms with Crippen molar-refractivity contribution in [2.45, 2.75) is 38.5 Å². The maximum Gasteiger partial charge on any atom is 0.343 e. The third kappa shape index (κ3) is 5.08. The second-order valence-corrected chi connectivity index (χ2v) is 7.10. The summed E-state index contributed by atoms with van der Waals surface area (Å²) in [5, 5.41) is 0. The molecule has 0 saturated carbocycles. The van der Waals surface area contributed by atoms with E-state index in [0.29, 0.717) is 12.4 Å². The third-order valence-electron chi connectivity index (χ3n) is 3.79. The fraction of sp³-hybridized carbons (Fsp3) is 0.333. The minimum Gasteiger partial charge on any atom is -0.489 e. The first kappa shape index (κ1) is 20.5. The number of methoxy groups -OCH3 is 1. The van der Waals surface area contributed by atoms with Gasteiger partial charge in [0.2, 0.25) is 5.54 Å². The molecule has 0 aliphatic carbocycles. The Hall–Kier alpha value is -2.86. The van der Waals surface area contributed by atoms with Crippen molar-refractivity contribution in [3.63, 3.8) is 0 Å². The Morgan fingerprint density at radius 2 is 1.52 bits per heavy atom. The highest BCUT2D eigenvalue weighted by molar-refractivity contribution is 6.05. The number of carbonyl (C=O) groups excluding carboxylic acids is 2. The van der Waals surface area contributed by atoms with E-state index in [1.165, 1.54) is 7.11 Å². The molecule has 6 heteroatoms. The molecule has 0 aromatic heterocycles. The fourth-order valence-electron chi connectivity index (χ4n) is 2.39. The zero-order valence-corrected chi connectivity index (χ0v) is 16.0. The van der Waals surface area contributed by atoms with Crippen LogP contribution in [-0.2, 0) is 31.2 Å². The summed E-state index contributed by atoms with van der Waals surface area (Å²) < 4.78 is 15.8. The molecule has 0 spiro atoms. The minimum atomic E-state index is -2.06. The van der Waals surface area contributed by atoms with Crippen LogP contribution in [0.4, 0.5) is 0 Å². The van der Waals surface area contributed by atoms with Crippen LogP contribution < -0.4 is 10.5 Å². The molecule has 0 amide bonds. The molecule has 0 aliphatic rings. The van der Waals surface area contributed by atoms with Gasteiger partial charge in [0.15, 0.2) is 0 Å². The lowest BCUT2D eigenvalue weighted by molar-refractivity contribution is -0.171. The van der Waals surface area contributed by atoms with Crippen LogP contribution in [0.25, 0.3) is 0 Å². The molecular weight excluding hydrogens is 346 g/mol. The second kappa shape index (κ2) is 8.22. The van der Waals surface area contributed by atoms with Gasteiger partial charge in [0.1, 0.15) is 18.0 Å². The number of hydrogen-bond donors (Lipinski definition) is 1. The molecule has 0 heterocycles. The normalized spacial score (nSPS) is 13.4. The summed E-state index contributed by atoms with van der Waals surface area (Å²) in [6, 6.07) is 16.1. The van der Waals surface area contributed by atoms with Crippen LogP contribution in [0.3, 0.4) is 0 Å². The van der Waals surface area contributed by atoms with Crippen molar-refractivity contribution in [3.05, 3.63) is 65.7 Å². The molecule has 2 rings (SSSR count). The lowest BCUT2D eigenvalue weighted by Crippen LogP contribution is -2.54. The topological polar surface area (TPSA) is 87.9 Å². The number of benzene rings is 2. The van der Waals surface area contributed by atoms with E-state index in [1.54, 1.807) is 45.0 Å². The Morgan fingerprint density at radius 3 is 2.04 bits per heavy atom. The average molecular weight is 371 g/mol. The first-order chi connectivity index (χ1) is 12.7. The molecule has 27 heavy (non-hydrogen) atoms. The summed E-state index contributed by atoms with van der Waals surface area (Å²) in [5.41, 5.74) is 4.58. The van der Waals surface area contributed by atoms with E-state index in [2.05, 4.69) is 0 Å². The SMILES string of the molecule is COC(=O)[C@](N)(C(=O)OC(C)(C)C)c1ccc(OCc2ccccc2)cc1. The van der Waals surface area contributed by atoms with Gasteiger partial charge in [-0.25, -0.2) is 9.59 Å². The van der Waals surface area contributed by atoms with Crippen molar-refractivity contribution in [1.82, 2.24) is 0 Å². The molecule has 1 atom stereocenters. The largest absolute Gasteiger partial charge is 0.489 e. The van der Waals surface area contributed by atoms with Gasteiger partial charge in [0, 0.05) is 0 Å². The smallest absolute Gasteiger partial charge is 0.343 e. The van der Waals surface area contributed by atoms with Crippen LogP contribution in [-0.4, -0.2) is 24.6 Å². The Kier molecular flexibility index (Phi) is 6.23. The van der Waals surface area contributed by atoms with Crippen LogP contribution in [0, 0.1) is 0 Å². The van der Waals surface area contributed by atoms with Crippen LogP contribution in [0.1, 0.15) is 31.9 Å². The number of hydrogen-bond acceptors (Lipinski definition) is 6. The Labute approximate surface area is 159 Å². The fourth-order valence-corrected chi connectivity index (χ4v) is 2.39. The molecule has 144 valence electrons. The summed E-state index contributed by atoms with van der Waals surface area (Å²) in [4.78, 5) is 24.9. The van der Waals surface area contributed by atoms with Crippen molar-refractivity contribution in [3.8, 4) is 5.75 Å². The van der Waals surface area contributed by atoms with E-state index in [-0.39, 0.29) is 5.56 Å². The van der Waals surface area contributed by atoms with Crippen LogP contribution in [0.5, 0.6) is 5.75 Å². The zero-order valence-electron chi connectivity index (χ0n) is 16.0.